The highest BCUT2D eigenvalue weighted by atomic mass is 35.5. The number of fused-ring (bicyclic) bond motifs is 1. The lowest BCUT2D eigenvalue weighted by molar-refractivity contribution is 0.302. The van der Waals surface area contributed by atoms with Crippen LogP contribution in [0.5, 0.6) is 5.75 Å². The molecule has 0 amide bonds. The van der Waals surface area contributed by atoms with Crippen LogP contribution >= 0.6 is 24.0 Å². The van der Waals surface area contributed by atoms with Crippen molar-refractivity contribution in [2.24, 2.45) is 0 Å². The minimum atomic E-state index is 0. The SMILES string of the molecule is C=CCn1c(C)c(C)c2ccnc(COc3ccccc3Cl)c21.Cl. The molecular formula is C19H20Cl2N2O. The number of nitrogens with zero attached hydrogens (tertiary/aromatic N) is 2. The van der Waals surface area contributed by atoms with Crippen LogP contribution in [0.2, 0.25) is 5.02 Å². The van der Waals surface area contributed by atoms with E-state index in [0.29, 0.717) is 17.4 Å². The lowest BCUT2D eigenvalue weighted by Crippen LogP contribution is -2.04. The molecule has 2 aromatic heterocycles. The third-order valence-corrected chi connectivity index (χ3v) is 4.45. The Hall–Kier alpha value is -1.97. The highest BCUT2D eigenvalue weighted by Crippen LogP contribution is 2.29. The molecule has 3 aromatic rings. The maximum absolute atomic E-state index is 6.16. The minimum Gasteiger partial charge on any atom is -0.486 e. The van der Waals surface area contributed by atoms with E-state index in [1.165, 1.54) is 16.6 Å². The molecule has 0 aliphatic rings. The number of hydrogen-bond donors (Lipinski definition) is 0. The maximum Gasteiger partial charge on any atom is 0.138 e. The summed E-state index contributed by atoms with van der Waals surface area (Å²) >= 11 is 6.16. The molecule has 0 unspecified atom stereocenters. The van der Waals surface area contributed by atoms with Gasteiger partial charge in [-0.1, -0.05) is 29.8 Å². The normalized spacial score (nSPS) is 10.5. The van der Waals surface area contributed by atoms with Gasteiger partial charge in [0.1, 0.15) is 18.1 Å². The van der Waals surface area contributed by atoms with Gasteiger partial charge >= 0.3 is 0 Å². The van der Waals surface area contributed by atoms with Crippen LogP contribution in [-0.2, 0) is 13.2 Å². The van der Waals surface area contributed by atoms with Crippen molar-refractivity contribution in [3.05, 3.63) is 71.2 Å². The van der Waals surface area contributed by atoms with Gasteiger partial charge in [-0.05, 0) is 37.6 Å². The third-order valence-electron chi connectivity index (χ3n) is 4.13. The van der Waals surface area contributed by atoms with Crippen molar-refractivity contribution < 1.29 is 4.74 Å². The Kier molecular flexibility index (Phi) is 5.92. The summed E-state index contributed by atoms with van der Waals surface area (Å²) in [4.78, 5) is 4.53. The molecule has 1 aromatic carbocycles. The summed E-state index contributed by atoms with van der Waals surface area (Å²) < 4.78 is 8.11. The highest BCUT2D eigenvalue weighted by Gasteiger charge is 2.15. The van der Waals surface area contributed by atoms with Crippen molar-refractivity contribution in [3.8, 4) is 5.75 Å². The number of rotatable bonds is 5. The predicted octanol–water partition coefficient (Wildman–Crippen LogP) is 5.49. The Bertz CT molecular complexity index is 871. The second-order valence-electron chi connectivity index (χ2n) is 5.48. The molecule has 0 aliphatic carbocycles. The van der Waals surface area contributed by atoms with Crippen molar-refractivity contribution in [2.75, 3.05) is 0 Å². The van der Waals surface area contributed by atoms with E-state index in [2.05, 4.69) is 36.0 Å². The Morgan fingerprint density at radius 1 is 1.25 bits per heavy atom. The summed E-state index contributed by atoms with van der Waals surface area (Å²) in [6, 6.07) is 9.53. The van der Waals surface area contributed by atoms with Gasteiger partial charge in [0.2, 0.25) is 0 Å². The number of allylic oxidation sites excluding steroid dienone is 1. The number of aryl methyl sites for hydroxylation is 1. The molecule has 2 heterocycles. The van der Waals surface area contributed by atoms with Crippen molar-refractivity contribution >= 4 is 34.9 Å². The predicted molar refractivity (Wildman–Crippen MR) is 102 cm³/mol. The molecule has 3 nitrogen and oxygen atoms in total. The smallest absolute Gasteiger partial charge is 0.138 e. The van der Waals surface area contributed by atoms with Crippen LogP contribution in [0.15, 0.2) is 49.2 Å². The van der Waals surface area contributed by atoms with Crippen LogP contribution in [0.3, 0.4) is 0 Å². The second kappa shape index (κ2) is 7.73. The molecule has 0 N–H and O–H groups in total. The zero-order valence-corrected chi connectivity index (χ0v) is 15.3. The third kappa shape index (κ3) is 3.28. The summed E-state index contributed by atoms with van der Waals surface area (Å²) in [6.45, 7) is 9.24. The summed E-state index contributed by atoms with van der Waals surface area (Å²) in [7, 11) is 0. The molecule has 0 saturated heterocycles. The van der Waals surface area contributed by atoms with Crippen molar-refractivity contribution in [2.45, 2.75) is 27.0 Å². The fraction of sp³-hybridized carbons (Fsp3) is 0.211. The molecule has 0 fully saturated rings. The average Bonchev–Trinajstić information content (AvgIpc) is 2.80. The van der Waals surface area contributed by atoms with E-state index in [-0.39, 0.29) is 12.4 Å². The highest BCUT2D eigenvalue weighted by molar-refractivity contribution is 6.32. The monoisotopic (exact) mass is 362 g/mol. The van der Waals surface area contributed by atoms with Gasteiger partial charge in [-0.2, -0.15) is 0 Å². The topological polar surface area (TPSA) is 27.1 Å². The van der Waals surface area contributed by atoms with Crippen LogP contribution < -0.4 is 4.74 Å². The standard InChI is InChI=1S/C19H19ClN2O.ClH/c1-4-11-22-14(3)13(2)15-9-10-21-17(19(15)22)12-23-18-8-6-5-7-16(18)20;/h4-10H,1,11-12H2,2-3H3;1H. The van der Waals surface area contributed by atoms with Crippen LogP contribution in [0, 0.1) is 13.8 Å². The molecular weight excluding hydrogens is 343 g/mol. The molecule has 3 rings (SSSR count). The molecule has 0 aliphatic heterocycles. The van der Waals surface area contributed by atoms with Gasteiger partial charge in [-0.25, -0.2) is 0 Å². The maximum atomic E-state index is 6.16. The van der Waals surface area contributed by atoms with Crippen LogP contribution in [0.4, 0.5) is 0 Å². The Morgan fingerprint density at radius 3 is 2.71 bits per heavy atom. The molecule has 5 heteroatoms. The van der Waals surface area contributed by atoms with E-state index in [1.54, 1.807) is 0 Å². The summed E-state index contributed by atoms with van der Waals surface area (Å²) in [5.74, 6) is 0.670. The summed E-state index contributed by atoms with van der Waals surface area (Å²) in [5, 5.41) is 1.81. The zero-order valence-electron chi connectivity index (χ0n) is 13.8. The largest absolute Gasteiger partial charge is 0.486 e. The van der Waals surface area contributed by atoms with E-state index < -0.39 is 0 Å². The van der Waals surface area contributed by atoms with Gasteiger partial charge in [0.15, 0.2) is 0 Å². The van der Waals surface area contributed by atoms with Gasteiger partial charge in [0.25, 0.3) is 0 Å². The van der Waals surface area contributed by atoms with Gasteiger partial charge in [0, 0.05) is 23.8 Å². The molecule has 0 atom stereocenters. The van der Waals surface area contributed by atoms with Crippen LogP contribution in [0.1, 0.15) is 17.0 Å². The lowest BCUT2D eigenvalue weighted by Gasteiger charge is -2.11. The van der Waals surface area contributed by atoms with Gasteiger partial charge in [-0.15, -0.1) is 19.0 Å². The molecule has 126 valence electrons. The number of benzene rings is 1. The van der Waals surface area contributed by atoms with E-state index in [0.717, 1.165) is 17.8 Å². The van der Waals surface area contributed by atoms with Crippen LogP contribution in [-0.4, -0.2) is 9.55 Å². The van der Waals surface area contributed by atoms with Crippen molar-refractivity contribution in [3.63, 3.8) is 0 Å². The summed E-state index contributed by atoms with van der Waals surface area (Å²) in [5.41, 5.74) is 4.50. The number of para-hydroxylation sites is 1. The minimum absolute atomic E-state index is 0. The fourth-order valence-electron chi connectivity index (χ4n) is 2.84. The van der Waals surface area contributed by atoms with E-state index >= 15 is 0 Å². The molecule has 24 heavy (non-hydrogen) atoms. The quantitative estimate of drug-likeness (QED) is 0.560. The molecule has 0 spiro atoms. The number of hydrogen-bond acceptors (Lipinski definition) is 2. The lowest BCUT2D eigenvalue weighted by atomic mass is 10.2. The Labute approximate surface area is 153 Å². The number of aromatic nitrogens is 2. The summed E-state index contributed by atoms with van der Waals surface area (Å²) in [6.07, 6.45) is 3.73. The van der Waals surface area contributed by atoms with Gasteiger partial charge < -0.3 is 9.30 Å². The second-order valence-corrected chi connectivity index (χ2v) is 5.89. The van der Waals surface area contributed by atoms with E-state index in [4.69, 9.17) is 16.3 Å². The first-order valence-electron chi connectivity index (χ1n) is 7.55. The zero-order chi connectivity index (χ0) is 16.4. The Morgan fingerprint density at radius 2 is 2.00 bits per heavy atom. The first-order valence-corrected chi connectivity index (χ1v) is 7.92. The Balaban J connectivity index is 0.00000208. The van der Waals surface area contributed by atoms with Crippen LogP contribution in [0.25, 0.3) is 10.9 Å². The van der Waals surface area contributed by atoms with Gasteiger partial charge in [0.05, 0.1) is 10.5 Å². The van der Waals surface area contributed by atoms with E-state index in [9.17, 15) is 0 Å². The first kappa shape index (κ1) is 18.4. The molecule has 0 bridgehead atoms. The number of pyridine rings is 1. The molecule has 0 radical (unpaired) electrons. The number of halogens is 2. The average molecular weight is 363 g/mol. The van der Waals surface area contributed by atoms with Crippen molar-refractivity contribution in [1.29, 1.82) is 0 Å². The van der Waals surface area contributed by atoms with Crippen molar-refractivity contribution in [1.82, 2.24) is 9.55 Å². The molecule has 0 saturated carbocycles. The first-order chi connectivity index (χ1) is 11.1. The van der Waals surface area contributed by atoms with Gasteiger partial charge in [-0.3, -0.25) is 4.98 Å². The van der Waals surface area contributed by atoms with E-state index in [1.807, 2.05) is 36.5 Å². The fourth-order valence-corrected chi connectivity index (χ4v) is 3.03. The number of ether oxygens (including phenoxy) is 1.